The quantitative estimate of drug-likeness (QED) is 0.808. The van der Waals surface area contributed by atoms with Crippen LogP contribution in [0.5, 0.6) is 0 Å². The number of nitrogens with zero attached hydrogens (tertiary/aromatic N) is 1. The van der Waals surface area contributed by atoms with Crippen molar-refractivity contribution in [2.75, 3.05) is 26.4 Å². The molecule has 1 aromatic carbocycles. The van der Waals surface area contributed by atoms with Crippen molar-refractivity contribution in [3.05, 3.63) is 23.3 Å². The summed E-state index contributed by atoms with van der Waals surface area (Å²) in [7, 11) is 0.312. The van der Waals surface area contributed by atoms with Crippen molar-refractivity contribution in [3.63, 3.8) is 0 Å². The van der Waals surface area contributed by atoms with Gasteiger partial charge in [-0.2, -0.15) is 0 Å². The first-order valence-electron chi connectivity index (χ1n) is 6.51. The molecule has 0 aliphatic heterocycles. The van der Waals surface area contributed by atoms with E-state index in [1.807, 2.05) is 32.8 Å². The Morgan fingerprint density at radius 3 is 2.05 bits per heavy atom. The molecule has 0 spiro atoms. The molecule has 1 rings (SSSR count). The summed E-state index contributed by atoms with van der Waals surface area (Å²) < 4.78 is 27.7. The molecule has 0 saturated heterocycles. The van der Waals surface area contributed by atoms with Gasteiger partial charge in [0.1, 0.15) is 0 Å². The number of likely N-dealkylation sites (N-methyl/N-ethyl adjacent to an activating group) is 1. The maximum atomic E-state index is 12.5. The SMILES string of the molecule is Cc1cc(N)cc(C)c1S(=O)(=O)NCC(C)(C)N(C)C. The molecule has 6 heteroatoms. The Bertz CT molecular complexity index is 569. The van der Waals surface area contributed by atoms with E-state index >= 15 is 0 Å². The van der Waals surface area contributed by atoms with Gasteiger partial charge in [0.25, 0.3) is 0 Å². The van der Waals surface area contributed by atoms with Gasteiger partial charge in [0.2, 0.25) is 10.0 Å². The number of rotatable bonds is 5. The highest BCUT2D eigenvalue weighted by atomic mass is 32.2. The van der Waals surface area contributed by atoms with Crippen molar-refractivity contribution in [2.45, 2.75) is 38.1 Å². The molecule has 0 aliphatic carbocycles. The van der Waals surface area contributed by atoms with Crippen LogP contribution in [0.25, 0.3) is 0 Å². The number of nitrogen functional groups attached to an aromatic ring is 1. The molecule has 0 radical (unpaired) electrons. The lowest BCUT2D eigenvalue weighted by Crippen LogP contribution is -2.48. The normalized spacial score (nSPS) is 12.9. The van der Waals surface area contributed by atoms with Crippen molar-refractivity contribution < 1.29 is 8.42 Å². The monoisotopic (exact) mass is 299 g/mol. The van der Waals surface area contributed by atoms with E-state index in [0.717, 1.165) is 0 Å². The molecule has 0 aliphatic rings. The first-order valence-corrected chi connectivity index (χ1v) is 7.99. The maximum Gasteiger partial charge on any atom is 0.241 e. The predicted molar refractivity (Wildman–Crippen MR) is 83.3 cm³/mol. The molecular formula is C14H25N3O2S. The Hall–Kier alpha value is -1.11. The minimum atomic E-state index is -3.54. The second-order valence-corrected chi connectivity index (χ2v) is 7.72. The Morgan fingerprint density at radius 2 is 1.65 bits per heavy atom. The molecule has 0 fully saturated rings. The molecule has 0 atom stereocenters. The lowest BCUT2D eigenvalue weighted by molar-refractivity contribution is 0.199. The molecular weight excluding hydrogens is 274 g/mol. The molecule has 1 aromatic rings. The average molecular weight is 299 g/mol. The maximum absolute atomic E-state index is 12.5. The van der Waals surface area contributed by atoms with Crippen molar-refractivity contribution in [3.8, 4) is 0 Å². The van der Waals surface area contributed by atoms with Gasteiger partial charge in [0.05, 0.1) is 4.90 Å². The molecule has 0 bridgehead atoms. The van der Waals surface area contributed by atoms with Crippen LogP contribution in [-0.2, 0) is 10.0 Å². The molecule has 0 saturated carbocycles. The van der Waals surface area contributed by atoms with Crippen LogP contribution in [0.1, 0.15) is 25.0 Å². The molecule has 5 nitrogen and oxygen atoms in total. The Morgan fingerprint density at radius 1 is 1.20 bits per heavy atom. The van der Waals surface area contributed by atoms with E-state index in [4.69, 9.17) is 5.73 Å². The predicted octanol–water partition coefficient (Wildman–Crippen LogP) is 1.50. The smallest absolute Gasteiger partial charge is 0.241 e. The van der Waals surface area contributed by atoms with Crippen molar-refractivity contribution in [2.24, 2.45) is 0 Å². The molecule has 0 unspecified atom stereocenters. The van der Waals surface area contributed by atoms with E-state index in [1.54, 1.807) is 26.0 Å². The Balaban J connectivity index is 3.08. The third-order valence-corrected chi connectivity index (χ3v) is 5.36. The van der Waals surface area contributed by atoms with Crippen molar-refractivity contribution in [1.82, 2.24) is 9.62 Å². The molecule has 0 aromatic heterocycles. The fraction of sp³-hybridized carbons (Fsp3) is 0.571. The van der Waals surface area contributed by atoms with Crippen LogP contribution >= 0.6 is 0 Å². The van der Waals surface area contributed by atoms with E-state index in [1.165, 1.54) is 0 Å². The number of nitrogens with one attached hydrogen (secondary N) is 1. The molecule has 114 valence electrons. The van der Waals surface area contributed by atoms with E-state index in [9.17, 15) is 8.42 Å². The zero-order chi connectivity index (χ0) is 15.7. The zero-order valence-electron chi connectivity index (χ0n) is 13.1. The van der Waals surface area contributed by atoms with Gasteiger partial charge in [-0.25, -0.2) is 13.1 Å². The van der Waals surface area contributed by atoms with Gasteiger partial charge < -0.3 is 10.6 Å². The van der Waals surface area contributed by atoms with E-state index in [2.05, 4.69) is 4.72 Å². The highest BCUT2D eigenvalue weighted by molar-refractivity contribution is 7.89. The fourth-order valence-electron chi connectivity index (χ4n) is 1.91. The van der Waals surface area contributed by atoms with E-state index in [0.29, 0.717) is 28.3 Å². The largest absolute Gasteiger partial charge is 0.399 e. The van der Waals surface area contributed by atoms with Gasteiger partial charge >= 0.3 is 0 Å². The highest BCUT2D eigenvalue weighted by Gasteiger charge is 2.26. The van der Waals surface area contributed by atoms with Gasteiger partial charge in [-0.15, -0.1) is 0 Å². The second kappa shape index (κ2) is 5.71. The number of nitrogens with two attached hydrogens (primary N) is 1. The first-order chi connectivity index (χ1) is 8.97. The lowest BCUT2D eigenvalue weighted by atomic mass is 10.1. The van der Waals surface area contributed by atoms with Crippen LogP contribution in [0, 0.1) is 13.8 Å². The molecule has 0 amide bonds. The van der Waals surface area contributed by atoms with Gasteiger partial charge in [-0.05, 0) is 65.0 Å². The summed E-state index contributed by atoms with van der Waals surface area (Å²) >= 11 is 0. The van der Waals surface area contributed by atoms with Crippen molar-refractivity contribution >= 4 is 15.7 Å². The number of hydrogen-bond acceptors (Lipinski definition) is 4. The number of aryl methyl sites for hydroxylation is 2. The fourth-order valence-corrected chi connectivity index (χ4v) is 3.56. The summed E-state index contributed by atoms with van der Waals surface area (Å²) in [6, 6.07) is 3.36. The lowest BCUT2D eigenvalue weighted by Gasteiger charge is -2.32. The molecule has 20 heavy (non-hydrogen) atoms. The molecule has 3 N–H and O–H groups in total. The zero-order valence-corrected chi connectivity index (χ0v) is 13.9. The molecule has 0 heterocycles. The summed E-state index contributed by atoms with van der Waals surface area (Å²) in [4.78, 5) is 2.30. The van der Waals surface area contributed by atoms with Crippen molar-refractivity contribution in [1.29, 1.82) is 0 Å². The standard InChI is InChI=1S/C14H25N3O2S/c1-10-7-12(15)8-11(2)13(10)20(18,19)16-9-14(3,4)17(5)6/h7-8,16H,9,15H2,1-6H3. The highest BCUT2D eigenvalue weighted by Crippen LogP contribution is 2.23. The number of anilines is 1. The Kier molecular flexibility index (Phi) is 4.84. The topological polar surface area (TPSA) is 75.4 Å². The first kappa shape index (κ1) is 16.9. The third kappa shape index (κ3) is 3.71. The number of sulfonamides is 1. The van der Waals surface area contributed by atoms with Gasteiger partial charge in [-0.3, -0.25) is 0 Å². The summed E-state index contributed by atoms with van der Waals surface area (Å²) in [6.45, 7) is 7.83. The van der Waals surface area contributed by atoms with E-state index < -0.39 is 10.0 Å². The van der Waals surface area contributed by atoms with E-state index in [-0.39, 0.29) is 5.54 Å². The third-order valence-electron chi connectivity index (χ3n) is 3.66. The summed E-state index contributed by atoms with van der Waals surface area (Å²) in [5.74, 6) is 0. The number of hydrogen-bond donors (Lipinski definition) is 2. The Labute approximate surface area is 122 Å². The van der Waals surface area contributed by atoms with Crippen LogP contribution in [-0.4, -0.2) is 39.5 Å². The van der Waals surface area contributed by atoms with Gasteiger partial charge in [-0.1, -0.05) is 0 Å². The van der Waals surface area contributed by atoms with Crippen LogP contribution in [0.3, 0.4) is 0 Å². The minimum absolute atomic E-state index is 0.261. The number of benzene rings is 1. The second-order valence-electron chi connectivity index (χ2n) is 6.02. The van der Waals surface area contributed by atoms with Crippen LogP contribution < -0.4 is 10.5 Å². The summed E-state index contributed by atoms with van der Waals surface area (Å²) in [6.07, 6.45) is 0. The van der Waals surface area contributed by atoms with Crippen LogP contribution in [0.4, 0.5) is 5.69 Å². The van der Waals surface area contributed by atoms with Gasteiger partial charge in [0, 0.05) is 17.8 Å². The average Bonchev–Trinajstić information content (AvgIpc) is 2.24. The van der Waals surface area contributed by atoms with Crippen LogP contribution in [0.2, 0.25) is 0 Å². The minimum Gasteiger partial charge on any atom is -0.399 e. The van der Waals surface area contributed by atoms with Gasteiger partial charge in [0.15, 0.2) is 0 Å². The van der Waals surface area contributed by atoms with Crippen LogP contribution in [0.15, 0.2) is 17.0 Å². The summed E-state index contributed by atoms with van der Waals surface area (Å²) in [5, 5.41) is 0. The summed E-state index contributed by atoms with van der Waals surface area (Å²) in [5.41, 5.74) is 7.38.